The molecule has 0 aromatic carbocycles. The summed E-state index contributed by atoms with van der Waals surface area (Å²) in [5, 5.41) is 10.4. The summed E-state index contributed by atoms with van der Waals surface area (Å²) in [4.78, 5) is 12.2. The molecule has 0 radical (unpaired) electrons. The first-order valence-electron chi connectivity index (χ1n) is 7.63. The first kappa shape index (κ1) is 14.5. The van der Waals surface area contributed by atoms with Crippen molar-refractivity contribution in [1.82, 2.24) is 25.1 Å². The molecular weight excluding hydrogens is 310 g/mol. The Kier molecular flexibility index (Phi) is 3.66. The highest BCUT2D eigenvalue weighted by Crippen LogP contribution is 2.29. The monoisotopic (exact) mass is 327 g/mol. The van der Waals surface area contributed by atoms with Gasteiger partial charge in [-0.3, -0.25) is 4.90 Å². The van der Waals surface area contributed by atoms with Crippen LogP contribution in [-0.2, 0) is 13.0 Å². The zero-order chi connectivity index (χ0) is 15.8. The Bertz CT molecular complexity index is 814. The molecule has 0 saturated heterocycles. The SMILES string of the molecule is Cc1ncc2c(n1)CN([C@@H](C)c1nnc(-c3cccs3)o1)CC2. The quantitative estimate of drug-likeness (QED) is 0.736. The van der Waals surface area contributed by atoms with Crippen molar-refractivity contribution in [1.29, 1.82) is 0 Å². The molecule has 0 aliphatic carbocycles. The molecule has 4 heterocycles. The lowest BCUT2D eigenvalue weighted by molar-refractivity contribution is 0.164. The first-order valence-corrected chi connectivity index (χ1v) is 8.51. The average molecular weight is 327 g/mol. The van der Waals surface area contributed by atoms with Gasteiger partial charge in [-0.25, -0.2) is 9.97 Å². The van der Waals surface area contributed by atoms with Crippen LogP contribution in [0.4, 0.5) is 0 Å². The normalized spacial score (nSPS) is 16.3. The Morgan fingerprint density at radius 3 is 3.09 bits per heavy atom. The Morgan fingerprint density at radius 1 is 1.35 bits per heavy atom. The molecule has 4 rings (SSSR count). The summed E-state index contributed by atoms with van der Waals surface area (Å²) in [5.74, 6) is 2.07. The van der Waals surface area contributed by atoms with Gasteiger partial charge in [-0.1, -0.05) is 6.07 Å². The third-order valence-electron chi connectivity index (χ3n) is 4.17. The summed E-state index contributed by atoms with van der Waals surface area (Å²) < 4.78 is 5.87. The van der Waals surface area contributed by atoms with E-state index in [0.717, 1.165) is 35.9 Å². The summed E-state index contributed by atoms with van der Waals surface area (Å²) in [6, 6.07) is 4.04. The largest absolute Gasteiger partial charge is 0.418 e. The fraction of sp³-hybridized carbons (Fsp3) is 0.375. The van der Waals surface area contributed by atoms with Crippen LogP contribution in [0, 0.1) is 6.92 Å². The molecule has 1 aliphatic rings. The Labute approximate surface area is 138 Å². The molecule has 3 aromatic heterocycles. The second kappa shape index (κ2) is 5.82. The molecule has 0 unspecified atom stereocenters. The molecular formula is C16H17N5OS. The van der Waals surface area contributed by atoms with Gasteiger partial charge >= 0.3 is 0 Å². The van der Waals surface area contributed by atoms with Crippen LogP contribution in [0.2, 0.25) is 0 Å². The van der Waals surface area contributed by atoms with Gasteiger partial charge in [0.25, 0.3) is 5.89 Å². The van der Waals surface area contributed by atoms with Crippen LogP contribution in [0.15, 0.2) is 28.1 Å². The fourth-order valence-corrected chi connectivity index (χ4v) is 3.46. The van der Waals surface area contributed by atoms with Crippen molar-refractivity contribution in [2.45, 2.75) is 32.9 Å². The van der Waals surface area contributed by atoms with E-state index in [2.05, 4.69) is 32.0 Å². The Morgan fingerprint density at radius 2 is 2.26 bits per heavy atom. The van der Waals surface area contributed by atoms with Gasteiger partial charge < -0.3 is 4.42 Å². The van der Waals surface area contributed by atoms with Crippen molar-refractivity contribution in [3.8, 4) is 10.8 Å². The number of thiophene rings is 1. The molecule has 3 aromatic rings. The molecule has 7 heteroatoms. The van der Waals surface area contributed by atoms with Crippen molar-refractivity contribution in [3.05, 3.63) is 46.7 Å². The number of rotatable bonds is 3. The third kappa shape index (κ3) is 2.77. The molecule has 1 aliphatic heterocycles. The highest BCUT2D eigenvalue weighted by molar-refractivity contribution is 7.13. The minimum atomic E-state index is 0.0691. The maximum Gasteiger partial charge on any atom is 0.257 e. The number of fused-ring (bicyclic) bond motifs is 1. The second-order valence-electron chi connectivity index (χ2n) is 5.71. The number of hydrogen-bond donors (Lipinski definition) is 0. The molecule has 0 saturated carbocycles. The highest BCUT2D eigenvalue weighted by atomic mass is 32.1. The van der Waals surface area contributed by atoms with Gasteiger partial charge in [0.15, 0.2) is 0 Å². The van der Waals surface area contributed by atoms with Gasteiger partial charge in [0.2, 0.25) is 5.89 Å². The Balaban J connectivity index is 1.55. The maximum atomic E-state index is 5.87. The van der Waals surface area contributed by atoms with Crippen LogP contribution < -0.4 is 0 Å². The summed E-state index contributed by atoms with van der Waals surface area (Å²) >= 11 is 1.60. The standard InChI is InChI=1S/C16H17N5OS/c1-10(15-19-20-16(22-15)14-4-3-7-23-14)21-6-5-12-8-17-11(2)18-13(12)9-21/h3-4,7-8,10H,5-6,9H2,1-2H3/t10-/m0/s1. The fourth-order valence-electron chi connectivity index (χ4n) is 2.81. The lowest BCUT2D eigenvalue weighted by Crippen LogP contribution is -2.34. The molecule has 0 amide bonds. The number of hydrogen-bond acceptors (Lipinski definition) is 7. The topological polar surface area (TPSA) is 67.9 Å². The third-order valence-corrected chi connectivity index (χ3v) is 5.03. The molecule has 1 atom stereocenters. The smallest absolute Gasteiger partial charge is 0.257 e. The van der Waals surface area contributed by atoms with Crippen LogP contribution in [0.25, 0.3) is 10.8 Å². The van der Waals surface area contributed by atoms with E-state index in [1.165, 1.54) is 5.56 Å². The van der Waals surface area contributed by atoms with Crippen molar-refractivity contribution in [2.75, 3.05) is 6.54 Å². The van der Waals surface area contributed by atoms with Crippen molar-refractivity contribution < 1.29 is 4.42 Å². The zero-order valence-electron chi connectivity index (χ0n) is 13.1. The van der Waals surface area contributed by atoms with Crippen LogP contribution in [0.3, 0.4) is 0 Å². The van der Waals surface area contributed by atoms with Gasteiger partial charge in [0.1, 0.15) is 5.82 Å². The van der Waals surface area contributed by atoms with E-state index in [-0.39, 0.29) is 6.04 Å². The van der Waals surface area contributed by atoms with Gasteiger partial charge in [-0.05, 0) is 37.3 Å². The van der Waals surface area contributed by atoms with Gasteiger partial charge in [0.05, 0.1) is 16.6 Å². The number of aryl methyl sites for hydroxylation is 1. The van der Waals surface area contributed by atoms with Crippen molar-refractivity contribution in [3.63, 3.8) is 0 Å². The van der Waals surface area contributed by atoms with Crippen LogP contribution in [0.5, 0.6) is 0 Å². The highest BCUT2D eigenvalue weighted by Gasteiger charge is 2.26. The maximum absolute atomic E-state index is 5.87. The predicted molar refractivity (Wildman–Crippen MR) is 86.9 cm³/mol. The van der Waals surface area contributed by atoms with E-state index < -0.39 is 0 Å². The van der Waals surface area contributed by atoms with Crippen LogP contribution in [0.1, 0.15) is 35.9 Å². The minimum absolute atomic E-state index is 0.0691. The average Bonchev–Trinajstić information content (AvgIpc) is 3.24. The molecule has 0 N–H and O–H groups in total. The van der Waals surface area contributed by atoms with Crippen molar-refractivity contribution in [2.24, 2.45) is 0 Å². The second-order valence-corrected chi connectivity index (χ2v) is 6.66. The van der Waals surface area contributed by atoms with Gasteiger partial charge in [0, 0.05) is 19.3 Å². The Hall–Kier alpha value is -2.12. The van der Waals surface area contributed by atoms with Crippen molar-refractivity contribution >= 4 is 11.3 Å². The van der Waals surface area contributed by atoms with E-state index in [0.29, 0.717) is 11.8 Å². The van der Waals surface area contributed by atoms with E-state index in [9.17, 15) is 0 Å². The van der Waals surface area contributed by atoms with E-state index in [4.69, 9.17) is 4.42 Å². The number of nitrogens with zero attached hydrogens (tertiary/aromatic N) is 5. The lowest BCUT2D eigenvalue weighted by atomic mass is 10.1. The molecule has 0 bridgehead atoms. The summed E-state index contributed by atoms with van der Waals surface area (Å²) in [5.41, 5.74) is 2.34. The zero-order valence-corrected chi connectivity index (χ0v) is 13.9. The van der Waals surface area contributed by atoms with Crippen LogP contribution in [-0.4, -0.2) is 31.6 Å². The first-order chi connectivity index (χ1) is 11.2. The summed E-state index contributed by atoms with van der Waals surface area (Å²) in [6.07, 6.45) is 2.90. The van der Waals surface area contributed by atoms with Gasteiger partial charge in [-0.2, -0.15) is 0 Å². The molecule has 6 nitrogen and oxygen atoms in total. The molecule has 118 valence electrons. The lowest BCUT2D eigenvalue weighted by Gasteiger charge is -2.31. The predicted octanol–water partition coefficient (Wildman–Crippen LogP) is 3.02. The summed E-state index contributed by atoms with van der Waals surface area (Å²) in [6.45, 7) is 5.76. The van der Waals surface area contributed by atoms with E-state index >= 15 is 0 Å². The molecule has 0 spiro atoms. The molecule has 23 heavy (non-hydrogen) atoms. The van der Waals surface area contributed by atoms with Gasteiger partial charge in [-0.15, -0.1) is 21.5 Å². The summed E-state index contributed by atoms with van der Waals surface area (Å²) in [7, 11) is 0. The van der Waals surface area contributed by atoms with E-state index in [1.807, 2.05) is 30.6 Å². The van der Waals surface area contributed by atoms with Crippen LogP contribution >= 0.6 is 11.3 Å². The van der Waals surface area contributed by atoms with E-state index in [1.54, 1.807) is 11.3 Å². The molecule has 0 fully saturated rings. The number of aromatic nitrogens is 4. The minimum Gasteiger partial charge on any atom is -0.418 e.